The molecule has 1 unspecified atom stereocenters. The standard InChI is InChI=1S/C15H19F3N2O/c1-11-5-2-3-8-20(11)10-14(21)19-13-7-4-6-12(9-13)15(16,17)18/h4,6-7,9,11H,2-3,5,8,10H2,1H3,(H,19,21)/p+1/t11-/m0/s1. The summed E-state index contributed by atoms with van der Waals surface area (Å²) in [6, 6.07) is 5.16. The van der Waals surface area contributed by atoms with Gasteiger partial charge in [0, 0.05) is 5.69 Å². The fourth-order valence-corrected chi connectivity index (χ4v) is 2.70. The van der Waals surface area contributed by atoms with E-state index in [-0.39, 0.29) is 11.6 Å². The van der Waals surface area contributed by atoms with Gasteiger partial charge in [0.15, 0.2) is 6.54 Å². The molecule has 1 saturated heterocycles. The van der Waals surface area contributed by atoms with Gasteiger partial charge in [0.1, 0.15) is 0 Å². The number of likely N-dealkylation sites (tertiary alicyclic amines) is 1. The maximum atomic E-state index is 12.6. The summed E-state index contributed by atoms with van der Waals surface area (Å²) in [7, 11) is 0. The summed E-state index contributed by atoms with van der Waals surface area (Å²) in [6.45, 7) is 3.35. The molecule has 1 aliphatic rings. The van der Waals surface area contributed by atoms with Crippen LogP contribution in [0.25, 0.3) is 0 Å². The van der Waals surface area contributed by atoms with Crippen LogP contribution in [0.2, 0.25) is 0 Å². The van der Waals surface area contributed by atoms with E-state index in [9.17, 15) is 18.0 Å². The van der Waals surface area contributed by atoms with Crippen LogP contribution in [0.3, 0.4) is 0 Å². The molecular weight excluding hydrogens is 281 g/mol. The van der Waals surface area contributed by atoms with Crippen molar-refractivity contribution in [3.8, 4) is 0 Å². The van der Waals surface area contributed by atoms with Crippen LogP contribution >= 0.6 is 0 Å². The molecule has 0 aromatic heterocycles. The summed E-state index contributed by atoms with van der Waals surface area (Å²) < 4.78 is 37.8. The Hall–Kier alpha value is -1.56. The lowest BCUT2D eigenvalue weighted by molar-refractivity contribution is -0.920. The van der Waals surface area contributed by atoms with Gasteiger partial charge >= 0.3 is 6.18 Å². The molecule has 6 heteroatoms. The summed E-state index contributed by atoms with van der Waals surface area (Å²) in [5.74, 6) is -0.238. The van der Waals surface area contributed by atoms with E-state index in [0.29, 0.717) is 12.6 Å². The van der Waals surface area contributed by atoms with Crippen molar-refractivity contribution in [1.29, 1.82) is 0 Å². The lowest BCUT2D eigenvalue weighted by atomic mass is 10.0. The Kier molecular flexibility index (Phi) is 4.88. The minimum Gasteiger partial charge on any atom is -0.325 e. The molecule has 0 bridgehead atoms. The molecule has 2 atom stereocenters. The van der Waals surface area contributed by atoms with Gasteiger partial charge in [-0.15, -0.1) is 0 Å². The lowest BCUT2D eigenvalue weighted by Crippen LogP contribution is -3.17. The van der Waals surface area contributed by atoms with Crippen molar-refractivity contribution in [1.82, 2.24) is 0 Å². The predicted molar refractivity (Wildman–Crippen MR) is 74.1 cm³/mol. The first-order valence-electron chi connectivity index (χ1n) is 7.18. The summed E-state index contributed by atoms with van der Waals surface area (Å²) in [5.41, 5.74) is -0.558. The number of carbonyl (C=O) groups excluding carboxylic acids is 1. The molecule has 3 nitrogen and oxygen atoms in total. The number of nitrogens with one attached hydrogen (secondary N) is 2. The Labute approximate surface area is 122 Å². The van der Waals surface area contributed by atoms with Gasteiger partial charge in [-0.2, -0.15) is 13.2 Å². The fourth-order valence-electron chi connectivity index (χ4n) is 2.70. The number of amides is 1. The van der Waals surface area contributed by atoms with Crippen LogP contribution in [0.15, 0.2) is 24.3 Å². The molecule has 0 aliphatic carbocycles. The molecule has 1 aromatic rings. The molecule has 1 aliphatic heterocycles. The average Bonchev–Trinajstić information content (AvgIpc) is 2.41. The quantitative estimate of drug-likeness (QED) is 0.881. The molecule has 0 radical (unpaired) electrons. The largest absolute Gasteiger partial charge is 0.416 e. The number of rotatable bonds is 3. The van der Waals surface area contributed by atoms with Gasteiger partial charge in [0.05, 0.1) is 18.2 Å². The Bertz CT molecular complexity index is 502. The highest BCUT2D eigenvalue weighted by molar-refractivity contribution is 5.91. The third-order valence-electron chi connectivity index (χ3n) is 3.94. The van der Waals surface area contributed by atoms with Gasteiger partial charge in [-0.1, -0.05) is 6.07 Å². The normalized spacial score (nSPS) is 22.9. The van der Waals surface area contributed by atoms with Crippen molar-refractivity contribution in [2.75, 3.05) is 18.4 Å². The van der Waals surface area contributed by atoms with E-state index < -0.39 is 11.7 Å². The molecule has 2 N–H and O–H groups in total. The summed E-state index contributed by atoms with van der Waals surface area (Å²) in [5, 5.41) is 2.56. The van der Waals surface area contributed by atoms with Gasteiger partial charge in [-0.25, -0.2) is 0 Å². The first-order chi connectivity index (χ1) is 9.86. The number of halogens is 3. The SMILES string of the molecule is C[C@H]1CCCC[NH+]1CC(=O)Nc1cccc(C(F)(F)F)c1. The van der Waals surface area contributed by atoms with E-state index in [1.807, 2.05) is 0 Å². The van der Waals surface area contributed by atoms with Gasteiger partial charge < -0.3 is 10.2 Å². The number of piperidine rings is 1. The zero-order chi connectivity index (χ0) is 15.5. The maximum Gasteiger partial charge on any atom is 0.416 e. The monoisotopic (exact) mass is 301 g/mol. The molecule has 0 saturated carbocycles. The molecule has 21 heavy (non-hydrogen) atoms. The Morgan fingerprint density at radius 2 is 2.14 bits per heavy atom. The van der Waals surface area contributed by atoms with Crippen LogP contribution < -0.4 is 10.2 Å². The number of alkyl halides is 3. The molecule has 1 fully saturated rings. The molecule has 1 aromatic carbocycles. The summed E-state index contributed by atoms with van der Waals surface area (Å²) in [4.78, 5) is 13.2. The Morgan fingerprint density at radius 1 is 1.38 bits per heavy atom. The minimum atomic E-state index is -4.40. The van der Waals surface area contributed by atoms with Crippen LogP contribution in [-0.2, 0) is 11.0 Å². The van der Waals surface area contributed by atoms with Crippen LogP contribution in [-0.4, -0.2) is 25.0 Å². The minimum absolute atomic E-state index is 0.193. The first kappa shape index (κ1) is 15.8. The van der Waals surface area contributed by atoms with Gasteiger partial charge in [-0.3, -0.25) is 4.79 Å². The van der Waals surface area contributed by atoms with Crippen LogP contribution in [0, 0.1) is 0 Å². The third kappa shape index (κ3) is 4.46. The van der Waals surface area contributed by atoms with Gasteiger partial charge in [-0.05, 0) is 44.4 Å². The molecule has 116 valence electrons. The highest BCUT2D eigenvalue weighted by atomic mass is 19.4. The Balaban J connectivity index is 1.96. The van der Waals surface area contributed by atoms with Crippen LogP contribution in [0.4, 0.5) is 18.9 Å². The van der Waals surface area contributed by atoms with Crippen molar-refractivity contribution >= 4 is 11.6 Å². The number of benzene rings is 1. The second-order valence-electron chi connectivity index (χ2n) is 5.61. The number of hydrogen-bond donors (Lipinski definition) is 2. The molecule has 1 amide bonds. The number of carbonyl (C=O) groups is 1. The van der Waals surface area contributed by atoms with E-state index in [0.717, 1.165) is 31.5 Å². The van der Waals surface area contributed by atoms with Crippen LogP contribution in [0.1, 0.15) is 31.7 Å². The Morgan fingerprint density at radius 3 is 2.81 bits per heavy atom. The zero-order valence-electron chi connectivity index (χ0n) is 12.0. The van der Waals surface area contributed by atoms with E-state index in [1.54, 1.807) is 0 Å². The highest BCUT2D eigenvalue weighted by Crippen LogP contribution is 2.30. The lowest BCUT2D eigenvalue weighted by Gasteiger charge is -2.29. The van der Waals surface area contributed by atoms with Crippen molar-refractivity contribution in [3.63, 3.8) is 0 Å². The molecule has 1 heterocycles. The second-order valence-corrected chi connectivity index (χ2v) is 5.61. The topological polar surface area (TPSA) is 33.5 Å². The first-order valence-corrected chi connectivity index (χ1v) is 7.18. The average molecular weight is 301 g/mol. The second kappa shape index (κ2) is 6.47. The van der Waals surface area contributed by atoms with E-state index in [4.69, 9.17) is 0 Å². The van der Waals surface area contributed by atoms with Crippen molar-refractivity contribution in [2.45, 2.75) is 38.4 Å². The van der Waals surface area contributed by atoms with Gasteiger partial charge in [0.2, 0.25) is 0 Å². The van der Waals surface area contributed by atoms with Gasteiger partial charge in [0.25, 0.3) is 5.91 Å². The number of hydrogen-bond acceptors (Lipinski definition) is 1. The van der Waals surface area contributed by atoms with Crippen LogP contribution in [0.5, 0.6) is 0 Å². The third-order valence-corrected chi connectivity index (χ3v) is 3.94. The van der Waals surface area contributed by atoms with E-state index in [1.165, 1.54) is 23.5 Å². The predicted octanol–water partition coefficient (Wildman–Crippen LogP) is 2.10. The molecule has 2 rings (SSSR count). The van der Waals surface area contributed by atoms with E-state index >= 15 is 0 Å². The number of anilines is 1. The van der Waals surface area contributed by atoms with Crippen molar-refractivity contribution in [2.24, 2.45) is 0 Å². The molecule has 0 spiro atoms. The summed E-state index contributed by atoms with van der Waals surface area (Å²) >= 11 is 0. The molecular formula is C15H20F3N2O+. The smallest absolute Gasteiger partial charge is 0.325 e. The number of quaternary nitrogens is 1. The maximum absolute atomic E-state index is 12.6. The summed E-state index contributed by atoms with van der Waals surface area (Å²) in [6.07, 6.45) is -1.03. The van der Waals surface area contributed by atoms with Crippen molar-refractivity contribution < 1.29 is 22.9 Å². The zero-order valence-corrected chi connectivity index (χ0v) is 12.0. The van der Waals surface area contributed by atoms with Crippen molar-refractivity contribution in [3.05, 3.63) is 29.8 Å². The fraction of sp³-hybridized carbons (Fsp3) is 0.533. The highest BCUT2D eigenvalue weighted by Gasteiger charge is 2.30. The van der Waals surface area contributed by atoms with E-state index in [2.05, 4.69) is 12.2 Å².